The number of anilines is 1. The van der Waals surface area contributed by atoms with E-state index in [2.05, 4.69) is 10.3 Å². The molecule has 0 aliphatic heterocycles. The summed E-state index contributed by atoms with van der Waals surface area (Å²) in [6.45, 7) is 0.898. The summed E-state index contributed by atoms with van der Waals surface area (Å²) in [5, 5.41) is 21.6. The zero-order chi connectivity index (χ0) is 14.2. The van der Waals surface area contributed by atoms with Crippen molar-refractivity contribution in [2.45, 2.75) is 12.5 Å². The van der Waals surface area contributed by atoms with Crippen LogP contribution in [0.4, 0.5) is 6.01 Å². The SMILES string of the molecule is CC(O)(CNc1nc2cc(Cl)cc(Cl)c2o1)C(=O)O. The maximum atomic E-state index is 10.7. The van der Waals surface area contributed by atoms with Crippen LogP contribution in [0.5, 0.6) is 0 Å². The Morgan fingerprint density at radius 3 is 2.84 bits per heavy atom. The van der Waals surface area contributed by atoms with E-state index in [9.17, 15) is 9.90 Å². The van der Waals surface area contributed by atoms with E-state index in [0.717, 1.165) is 6.92 Å². The van der Waals surface area contributed by atoms with Crippen LogP contribution in [0.15, 0.2) is 16.5 Å². The maximum absolute atomic E-state index is 10.7. The number of carbonyl (C=O) groups is 1. The van der Waals surface area contributed by atoms with Gasteiger partial charge in [-0.05, 0) is 19.1 Å². The second kappa shape index (κ2) is 4.88. The molecule has 6 nitrogen and oxygen atoms in total. The van der Waals surface area contributed by atoms with Crippen molar-refractivity contribution < 1.29 is 19.4 Å². The van der Waals surface area contributed by atoms with Crippen molar-refractivity contribution in [3.8, 4) is 0 Å². The molecule has 102 valence electrons. The molecule has 0 radical (unpaired) electrons. The average molecular weight is 305 g/mol. The maximum Gasteiger partial charge on any atom is 0.337 e. The molecule has 0 aliphatic carbocycles. The van der Waals surface area contributed by atoms with Gasteiger partial charge < -0.3 is 19.9 Å². The Kier molecular flexibility index (Phi) is 3.58. The van der Waals surface area contributed by atoms with Gasteiger partial charge in [0.05, 0.1) is 11.6 Å². The van der Waals surface area contributed by atoms with Crippen molar-refractivity contribution in [1.82, 2.24) is 4.98 Å². The predicted molar refractivity (Wildman–Crippen MR) is 70.8 cm³/mol. The lowest BCUT2D eigenvalue weighted by molar-refractivity contribution is -0.155. The normalized spacial score (nSPS) is 14.3. The number of fused-ring (bicyclic) bond motifs is 1. The standard InChI is InChI=1S/C11H10Cl2N2O4/c1-11(18,9(16)17)4-14-10-15-7-3-5(12)2-6(13)8(7)19-10/h2-3,18H,4H2,1H3,(H,14,15)(H,16,17). The number of carboxylic acid groups (broad SMARTS) is 1. The lowest BCUT2D eigenvalue weighted by atomic mass is 10.1. The highest BCUT2D eigenvalue weighted by molar-refractivity contribution is 6.38. The summed E-state index contributed by atoms with van der Waals surface area (Å²) in [6.07, 6.45) is 0. The third-order valence-electron chi connectivity index (χ3n) is 2.45. The van der Waals surface area contributed by atoms with Crippen LogP contribution in [0.25, 0.3) is 11.1 Å². The minimum atomic E-state index is -1.93. The molecule has 2 aromatic rings. The van der Waals surface area contributed by atoms with Crippen LogP contribution >= 0.6 is 23.2 Å². The van der Waals surface area contributed by atoms with Gasteiger partial charge in [-0.2, -0.15) is 4.98 Å². The molecule has 0 saturated carbocycles. The number of oxazole rings is 1. The quantitative estimate of drug-likeness (QED) is 0.802. The fraction of sp³-hybridized carbons (Fsp3) is 0.273. The van der Waals surface area contributed by atoms with Crippen LogP contribution in [-0.4, -0.2) is 33.3 Å². The minimum absolute atomic E-state index is 0.0562. The van der Waals surface area contributed by atoms with Gasteiger partial charge in [0.25, 0.3) is 6.01 Å². The Labute approximate surface area is 117 Å². The van der Waals surface area contributed by atoms with Gasteiger partial charge in [-0.25, -0.2) is 4.79 Å². The molecule has 0 aliphatic rings. The second-order valence-electron chi connectivity index (χ2n) is 4.19. The van der Waals surface area contributed by atoms with Crippen LogP contribution in [-0.2, 0) is 4.79 Å². The fourth-order valence-corrected chi connectivity index (χ4v) is 1.88. The fourth-order valence-electron chi connectivity index (χ4n) is 1.36. The Bertz CT molecular complexity index is 639. The topological polar surface area (TPSA) is 95.6 Å². The number of nitrogens with one attached hydrogen (secondary N) is 1. The van der Waals surface area contributed by atoms with Crippen LogP contribution in [0.2, 0.25) is 10.0 Å². The molecule has 3 N–H and O–H groups in total. The highest BCUT2D eigenvalue weighted by Gasteiger charge is 2.30. The van der Waals surface area contributed by atoms with Crippen molar-refractivity contribution in [2.24, 2.45) is 0 Å². The molecule has 1 aromatic carbocycles. The number of rotatable bonds is 4. The third-order valence-corrected chi connectivity index (χ3v) is 2.95. The smallest absolute Gasteiger partial charge is 0.337 e. The number of hydrogen-bond acceptors (Lipinski definition) is 5. The average Bonchev–Trinajstić information content (AvgIpc) is 2.69. The van der Waals surface area contributed by atoms with Gasteiger partial charge in [-0.1, -0.05) is 23.2 Å². The molecular formula is C11H10Cl2N2O4. The Morgan fingerprint density at radius 1 is 1.53 bits per heavy atom. The van der Waals surface area contributed by atoms with Gasteiger partial charge in [-0.3, -0.25) is 0 Å². The highest BCUT2D eigenvalue weighted by Crippen LogP contribution is 2.29. The van der Waals surface area contributed by atoms with E-state index in [-0.39, 0.29) is 12.6 Å². The van der Waals surface area contributed by atoms with Gasteiger partial charge in [0.2, 0.25) is 0 Å². The molecule has 1 unspecified atom stereocenters. The van der Waals surface area contributed by atoms with E-state index in [4.69, 9.17) is 32.7 Å². The predicted octanol–water partition coefficient (Wildman–Crippen LogP) is 2.38. The zero-order valence-corrected chi connectivity index (χ0v) is 11.3. The third kappa shape index (κ3) is 2.91. The monoisotopic (exact) mass is 304 g/mol. The summed E-state index contributed by atoms with van der Waals surface area (Å²) >= 11 is 11.7. The number of aliphatic carboxylic acids is 1. The molecule has 2 rings (SSSR count). The van der Waals surface area contributed by atoms with Gasteiger partial charge in [-0.15, -0.1) is 0 Å². The number of nitrogens with zero attached hydrogens (tertiary/aromatic N) is 1. The molecule has 0 spiro atoms. The number of benzene rings is 1. The summed E-state index contributed by atoms with van der Waals surface area (Å²) < 4.78 is 5.31. The number of hydrogen-bond donors (Lipinski definition) is 3. The van der Waals surface area contributed by atoms with Crippen LogP contribution < -0.4 is 5.32 Å². The van der Waals surface area contributed by atoms with Crippen molar-refractivity contribution in [3.05, 3.63) is 22.2 Å². The van der Waals surface area contributed by atoms with E-state index in [1.54, 1.807) is 6.07 Å². The Hall–Kier alpha value is -1.50. The summed E-state index contributed by atoms with van der Waals surface area (Å²) in [6, 6.07) is 3.13. The van der Waals surface area contributed by atoms with Crippen LogP contribution in [0.1, 0.15) is 6.92 Å². The van der Waals surface area contributed by atoms with E-state index >= 15 is 0 Å². The van der Waals surface area contributed by atoms with Gasteiger partial charge in [0.1, 0.15) is 5.52 Å². The first-order valence-corrected chi connectivity index (χ1v) is 6.00. The largest absolute Gasteiger partial charge is 0.479 e. The Balaban J connectivity index is 2.23. The van der Waals surface area contributed by atoms with E-state index in [0.29, 0.717) is 21.1 Å². The molecule has 0 bridgehead atoms. The molecule has 1 heterocycles. The van der Waals surface area contributed by atoms with Gasteiger partial charge in [0, 0.05) is 5.02 Å². The molecule has 1 atom stereocenters. The molecule has 19 heavy (non-hydrogen) atoms. The van der Waals surface area contributed by atoms with E-state index < -0.39 is 11.6 Å². The van der Waals surface area contributed by atoms with Crippen LogP contribution in [0.3, 0.4) is 0 Å². The zero-order valence-electron chi connectivity index (χ0n) is 9.78. The summed E-state index contributed by atoms with van der Waals surface area (Å²) in [4.78, 5) is 14.8. The van der Waals surface area contributed by atoms with E-state index in [1.807, 2.05) is 0 Å². The molecule has 0 saturated heterocycles. The van der Waals surface area contributed by atoms with Gasteiger partial charge >= 0.3 is 5.97 Å². The van der Waals surface area contributed by atoms with Crippen LogP contribution in [0, 0.1) is 0 Å². The summed E-state index contributed by atoms with van der Waals surface area (Å²) in [5.74, 6) is -1.35. The van der Waals surface area contributed by atoms with Gasteiger partial charge in [0.15, 0.2) is 11.2 Å². The lowest BCUT2D eigenvalue weighted by Gasteiger charge is -2.17. The van der Waals surface area contributed by atoms with Crippen molar-refractivity contribution in [1.29, 1.82) is 0 Å². The number of halogens is 2. The Morgan fingerprint density at radius 2 is 2.21 bits per heavy atom. The molecule has 0 amide bonds. The first kappa shape index (κ1) is 13.9. The van der Waals surface area contributed by atoms with Crippen molar-refractivity contribution >= 4 is 46.3 Å². The molecule has 1 aromatic heterocycles. The highest BCUT2D eigenvalue weighted by atomic mass is 35.5. The summed E-state index contributed by atoms with van der Waals surface area (Å²) in [7, 11) is 0. The molecule has 8 heteroatoms. The number of carboxylic acids is 1. The minimum Gasteiger partial charge on any atom is -0.479 e. The van der Waals surface area contributed by atoms with Crippen molar-refractivity contribution in [2.75, 3.05) is 11.9 Å². The lowest BCUT2D eigenvalue weighted by Crippen LogP contribution is -2.41. The number of aliphatic hydroxyl groups is 1. The first-order chi connectivity index (χ1) is 8.79. The molecular weight excluding hydrogens is 295 g/mol. The second-order valence-corrected chi connectivity index (χ2v) is 5.03. The van der Waals surface area contributed by atoms with E-state index in [1.165, 1.54) is 6.07 Å². The summed E-state index contributed by atoms with van der Waals surface area (Å²) in [5.41, 5.74) is -1.15. The first-order valence-electron chi connectivity index (χ1n) is 5.25. The van der Waals surface area contributed by atoms with Crippen molar-refractivity contribution in [3.63, 3.8) is 0 Å². The molecule has 0 fully saturated rings. The number of aromatic nitrogens is 1.